The summed E-state index contributed by atoms with van der Waals surface area (Å²) in [6.45, 7) is 3.55. The number of esters is 1. The van der Waals surface area contributed by atoms with Crippen LogP contribution in [0.3, 0.4) is 0 Å². The Morgan fingerprint density at radius 3 is 2.56 bits per heavy atom. The Labute approximate surface area is 187 Å². The summed E-state index contributed by atoms with van der Waals surface area (Å²) in [4.78, 5) is 30.1. The van der Waals surface area contributed by atoms with Crippen molar-refractivity contribution in [2.75, 3.05) is 5.32 Å². The summed E-state index contributed by atoms with van der Waals surface area (Å²) in [6, 6.07) is 15.3. The summed E-state index contributed by atoms with van der Waals surface area (Å²) in [7, 11) is 0. The van der Waals surface area contributed by atoms with Gasteiger partial charge in [-0.05, 0) is 56.4 Å². The van der Waals surface area contributed by atoms with Crippen LogP contribution < -0.4 is 5.32 Å². The summed E-state index contributed by atoms with van der Waals surface area (Å²) in [6.07, 6.45) is 3.16. The summed E-state index contributed by atoms with van der Waals surface area (Å²) in [5.74, 6) is -0.222. The van der Waals surface area contributed by atoms with Gasteiger partial charge in [0.15, 0.2) is 0 Å². The second kappa shape index (κ2) is 9.12. The number of nitrogens with one attached hydrogen (secondary N) is 1. The number of benzene rings is 2. The van der Waals surface area contributed by atoms with Gasteiger partial charge in [-0.15, -0.1) is 0 Å². The van der Waals surface area contributed by atoms with Crippen molar-refractivity contribution in [2.45, 2.75) is 58.8 Å². The highest BCUT2D eigenvalue weighted by Crippen LogP contribution is 2.37. The van der Waals surface area contributed by atoms with Crippen LogP contribution in [0.1, 0.15) is 56.7 Å². The fraction of sp³-hybridized carbons (Fsp3) is 0.400. The molecule has 0 atom stereocenters. The van der Waals surface area contributed by atoms with E-state index >= 15 is 0 Å². The smallest absolute Gasteiger partial charge is 0.312 e. The third-order valence-electron chi connectivity index (χ3n) is 6.00. The molecule has 7 nitrogen and oxygen atoms in total. The van der Waals surface area contributed by atoms with E-state index < -0.39 is 11.4 Å². The number of carbonyl (C=O) groups is 2. The number of anilines is 1. The number of aliphatic hydroxyl groups is 1. The molecule has 3 aromatic rings. The molecule has 1 fully saturated rings. The van der Waals surface area contributed by atoms with Gasteiger partial charge >= 0.3 is 5.97 Å². The highest BCUT2D eigenvalue weighted by atomic mass is 16.5. The molecule has 168 valence electrons. The zero-order valence-electron chi connectivity index (χ0n) is 18.5. The lowest BCUT2D eigenvalue weighted by Gasteiger charge is -2.29. The number of nitrogens with zero attached hydrogens (tertiary/aromatic N) is 2. The highest BCUT2D eigenvalue weighted by Gasteiger charge is 2.33. The van der Waals surface area contributed by atoms with E-state index in [0.717, 1.165) is 41.4 Å². The minimum atomic E-state index is -0.976. The molecule has 1 aliphatic carbocycles. The molecule has 7 heteroatoms. The van der Waals surface area contributed by atoms with Crippen LogP contribution in [0.4, 0.5) is 5.95 Å². The molecular formula is C25H29N3O4. The Balaban J connectivity index is 1.46. The van der Waals surface area contributed by atoms with Gasteiger partial charge in [-0.1, -0.05) is 36.4 Å². The number of aliphatic hydroxyl groups excluding tert-OH is 1. The standard InChI is InChI=1S/C25H29N3O4/c1-25(2,23(31)32-16-17-7-4-3-5-8-17)14-22(30)27-24-26-20-12-11-18(15-29)13-21(20)28(24)19-9-6-10-19/h3-5,7-8,11-13,19,29H,6,9-10,14-16H2,1-2H3,(H,26,27,30). The predicted molar refractivity (Wildman–Crippen MR) is 122 cm³/mol. The van der Waals surface area contributed by atoms with Gasteiger partial charge in [-0.3, -0.25) is 14.9 Å². The molecule has 0 unspecified atom stereocenters. The van der Waals surface area contributed by atoms with Crippen molar-refractivity contribution in [1.82, 2.24) is 9.55 Å². The van der Waals surface area contributed by atoms with Crippen LogP contribution in [0, 0.1) is 5.41 Å². The molecule has 1 aromatic heterocycles. The van der Waals surface area contributed by atoms with E-state index in [9.17, 15) is 14.7 Å². The van der Waals surface area contributed by atoms with Gasteiger partial charge in [0.2, 0.25) is 11.9 Å². The zero-order chi connectivity index (χ0) is 22.7. The maximum absolute atomic E-state index is 12.9. The summed E-state index contributed by atoms with van der Waals surface area (Å²) in [5.41, 5.74) is 2.40. The van der Waals surface area contributed by atoms with Crippen LogP contribution in [0.25, 0.3) is 11.0 Å². The van der Waals surface area contributed by atoms with Gasteiger partial charge in [-0.2, -0.15) is 0 Å². The molecule has 2 N–H and O–H groups in total. The minimum absolute atomic E-state index is 0.0175. The van der Waals surface area contributed by atoms with E-state index in [1.165, 1.54) is 0 Å². The number of fused-ring (bicyclic) bond motifs is 1. The first-order valence-corrected chi connectivity index (χ1v) is 11.0. The Hall–Kier alpha value is -3.19. The molecule has 0 radical (unpaired) electrons. The lowest BCUT2D eigenvalue weighted by molar-refractivity contribution is -0.157. The van der Waals surface area contributed by atoms with Gasteiger partial charge in [0.1, 0.15) is 6.61 Å². The fourth-order valence-corrected chi connectivity index (χ4v) is 3.90. The number of rotatable bonds is 8. The van der Waals surface area contributed by atoms with Crippen molar-refractivity contribution >= 4 is 28.9 Å². The van der Waals surface area contributed by atoms with E-state index in [1.807, 2.05) is 48.5 Å². The van der Waals surface area contributed by atoms with Crippen molar-refractivity contribution in [3.63, 3.8) is 0 Å². The molecule has 4 rings (SSSR count). The maximum Gasteiger partial charge on any atom is 0.312 e. The van der Waals surface area contributed by atoms with E-state index in [0.29, 0.717) is 5.95 Å². The Kier molecular flexibility index (Phi) is 6.28. The summed E-state index contributed by atoms with van der Waals surface area (Å²) < 4.78 is 7.49. The highest BCUT2D eigenvalue weighted by molar-refractivity contribution is 5.94. The Bertz CT molecular complexity index is 1120. The molecule has 1 saturated carbocycles. The largest absolute Gasteiger partial charge is 0.460 e. The van der Waals surface area contributed by atoms with Crippen molar-refractivity contribution in [3.8, 4) is 0 Å². The van der Waals surface area contributed by atoms with Crippen LogP contribution in [0.2, 0.25) is 0 Å². The fourth-order valence-electron chi connectivity index (χ4n) is 3.90. The number of aromatic nitrogens is 2. The van der Waals surface area contributed by atoms with Crippen molar-refractivity contribution in [2.24, 2.45) is 5.41 Å². The minimum Gasteiger partial charge on any atom is -0.460 e. The van der Waals surface area contributed by atoms with Crippen LogP contribution in [-0.2, 0) is 27.5 Å². The number of hydrogen-bond donors (Lipinski definition) is 2. The van der Waals surface area contributed by atoms with Gasteiger partial charge in [-0.25, -0.2) is 4.98 Å². The lowest BCUT2D eigenvalue weighted by atomic mass is 9.89. The number of amides is 1. The predicted octanol–water partition coefficient (Wildman–Crippen LogP) is 4.35. The van der Waals surface area contributed by atoms with Crippen molar-refractivity contribution in [3.05, 3.63) is 59.7 Å². The van der Waals surface area contributed by atoms with Crippen LogP contribution in [0.5, 0.6) is 0 Å². The van der Waals surface area contributed by atoms with Gasteiger partial charge in [0.05, 0.1) is 23.1 Å². The van der Waals surface area contributed by atoms with Crippen LogP contribution >= 0.6 is 0 Å². The molecule has 1 heterocycles. The Morgan fingerprint density at radius 1 is 1.16 bits per heavy atom. The quantitative estimate of drug-likeness (QED) is 0.513. The molecule has 0 bridgehead atoms. The topological polar surface area (TPSA) is 93.5 Å². The van der Waals surface area contributed by atoms with E-state index in [1.54, 1.807) is 13.8 Å². The first kappa shape index (κ1) is 22.0. The maximum atomic E-state index is 12.9. The Morgan fingerprint density at radius 2 is 1.91 bits per heavy atom. The SMILES string of the molecule is CC(C)(CC(=O)Nc1nc2ccc(CO)cc2n1C1CCC1)C(=O)OCc1ccccc1. The third kappa shape index (κ3) is 4.67. The number of imidazole rings is 1. The monoisotopic (exact) mass is 435 g/mol. The summed E-state index contributed by atoms with van der Waals surface area (Å²) >= 11 is 0. The number of hydrogen-bond acceptors (Lipinski definition) is 5. The molecule has 32 heavy (non-hydrogen) atoms. The van der Waals surface area contributed by atoms with Gasteiger partial charge < -0.3 is 14.4 Å². The molecule has 0 aliphatic heterocycles. The number of ether oxygens (including phenoxy) is 1. The normalized spacial score (nSPS) is 14.2. The van der Waals surface area contributed by atoms with Crippen LogP contribution in [0.15, 0.2) is 48.5 Å². The van der Waals surface area contributed by atoms with E-state index in [-0.39, 0.29) is 31.6 Å². The second-order valence-electron chi connectivity index (χ2n) is 9.04. The molecule has 0 saturated heterocycles. The average molecular weight is 436 g/mol. The molecule has 1 amide bonds. The number of carbonyl (C=O) groups excluding carboxylic acids is 2. The van der Waals surface area contributed by atoms with Gasteiger partial charge in [0.25, 0.3) is 0 Å². The third-order valence-corrected chi connectivity index (χ3v) is 6.00. The van der Waals surface area contributed by atoms with E-state index in [2.05, 4.69) is 14.9 Å². The van der Waals surface area contributed by atoms with Crippen LogP contribution in [-0.4, -0.2) is 26.5 Å². The molecule has 0 spiro atoms. The zero-order valence-corrected chi connectivity index (χ0v) is 18.5. The molecular weight excluding hydrogens is 406 g/mol. The first-order chi connectivity index (χ1) is 15.4. The first-order valence-electron chi connectivity index (χ1n) is 11.0. The molecule has 2 aromatic carbocycles. The molecule has 1 aliphatic rings. The van der Waals surface area contributed by atoms with Crippen molar-refractivity contribution < 1.29 is 19.4 Å². The van der Waals surface area contributed by atoms with Gasteiger partial charge in [0, 0.05) is 12.5 Å². The average Bonchev–Trinajstić information content (AvgIpc) is 3.07. The van der Waals surface area contributed by atoms with E-state index in [4.69, 9.17) is 4.74 Å². The van der Waals surface area contributed by atoms with Crippen molar-refractivity contribution in [1.29, 1.82) is 0 Å². The summed E-state index contributed by atoms with van der Waals surface area (Å²) in [5, 5.41) is 12.4. The lowest BCUT2D eigenvalue weighted by Crippen LogP contribution is -2.32. The second-order valence-corrected chi connectivity index (χ2v) is 9.04.